The standard InChI is InChI=1S/C21H26N2O4S/c1-16-7-3-6-10-20(16)23(28(2,25)26)15-21(24)22-17-11-13-19(14-12-17)27-18-8-4-5-9-18/h3,6-7,10-14,18H,4-5,8-9,15H2,1-2H3,(H,22,24). The fourth-order valence-corrected chi connectivity index (χ4v) is 4.28. The molecule has 1 saturated carbocycles. The molecule has 6 nitrogen and oxygen atoms in total. The van der Waals surface area contributed by atoms with Gasteiger partial charge in [0.05, 0.1) is 18.0 Å². The first-order valence-corrected chi connectivity index (χ1v) is 11.3. The molecule has 7 heteroatoms. The van der Waals surface area contributed by atoms with Gasteiger partial charge in [-0.1, -0.05) is 18.2 Å². The van der Waals surface area contributed by atoms with Crippen molar-refractivity contribution in [2.45, 2.75) is 38.7 Å². The van der Waals surface area contributed by atoms with E-state index in [1.54, 1.807) is 24.3 Å². The predicted molar refractivity (Wildman–Crippen MR) is 111 cm³/mol. The molecule has 0 bridgehead atoms. The number of nitrogens with one attached hydrogen (secondary N) is 1. The molecule has 1 aliphatic rings. The number of rotatable bonds is 7. The summed E-state index contributed by atoms with van der Waals surface area (Å²) in [5.74, 6) is 0.376. The smallest absolute Gasteiger partial charge is 0.245 e. The van der Waals surface area contributed by atoms with Crippen LogP contribution in [0.1, 0.15) is 31.2 Å². The normalized spacial score (nSPS) is 14.6. The Labute approximate surface area is 166 Å². The summed E-state index contributed by atoms with van der Waals surface area (Å²) in [6.45, 7) is 1.53. The van der Waals surface area contributed by atoms with E-state index in [4.69, 9.17) is 4.74 Å². The zero-order valence-electron chi connectivity index (χ0n) is 16.2. The first kappa shape index (κ1) is 20.2. The highest BCUT2D eigenvalue weighted by molar-refractivity contribution is 7.92. The van der Waals surface area contributed by atoms with Crippen molar-refractivity contribution in [1.82, 2.24) is 0 Å². The summed E-state index contributed by atoms with van der Waals surface area (Å²) in [6.07, 6.45) is 5.95. The Bertz CT molecular complexity index is 920. The van der Waals surface area contributed by atoms with Crippen LogP contribution < -0.4 is 14.4 Å². The second kappa shape index (κ2) is 8.65. The van der Waals surface area contributed by atoms with Crippen LogP contribution in [0.5, 0.6) is 5.75 Å². The average molecular weight is 403 g/mol. The number of hydrogen-bond donors (Lipinski definition) is 1. The van der Waals surface area contributed by atoms with Gasteiger partial charge in [0, 0.05) is 5.69 Å². The third-order valence-electron chi connectivity index (χ3n) is 4.81. The summed E-state index contributed by atoms with van der Waals surface area (Å²) in [5.41, 5.74) is 1.89. The molecule has 2 aromatic rings. The molecule has 2 aromatic carbocycles. The van der Waals surface area contributed by atoms with Gasteiger partial charge in [0.15, 0.2) is 0 Å². The Hall–Kier alpha value is -2.54. The van der Waals surface area contributed by atoms with E-state index in [0.717, 1.165) is 34.7 Å². The molecule has 0 spiro atoms. The van der Waals surface area contributed by atoms with Gasteiger partial charge in [0.25, 0.3) is 0 Å². The second-order valence-corrected chi connectivity index (χ2v) is 9.06. The largest absolute Gasteiger partial charge is 0.490 e. The Morgan fingerprint density at radius 3 is 2.36 bits per heavy atom. The van der Waals surface area contributed by atoms with Crippen molar-refractivity contribution < 1.29 is 17.9 Å². The lowest BCUT2D eigenvalue weighted by molar-refractivity contribution is -0.114. The first-order chi connectivity index (χ1) is 13.3. The summed E-state index contributed by atoms with van der Waals surface area (Å²) < 4.78 is 31.5. The van der Waals surface area contributed by atoms with Crippen LogP contribution in [0, 0.1) is 6.92 Å². The Morgan fingerprint density at radius 1 is 1.11 bits per heavy atom. The van der Waals surface area contributed by atoms with Gasteiger partial charge in [-0.2, -0.15) is 0 Å². The van der Waals surface area contributed by atoms with Crippen LogP contribution in [-0.4, -0.2) is 33.2 Å². The summed E-state index contributed by atoms with van der Waals surface area (Å²) in [4.78, 5) is 12.5. The third-order valence-corrected chi connectivity index (χ3v) is 5.94. The quantitative estimate of drug-likeness (QED) is 0.766. The predicted octanol–water partition coefficient (Wildman–Crippen LogP) is 3.72. The van der Waals surface area contributed by atoms with Crippen molar-refractivity contribution in [2.75, 3.05) is 22.4 Å². The van der Waals surface area contributed by atoms with Crippen LogP contribution in [0.3, 0.4) is 0 Å². The fraction of sp³-hybridized carbons (Fsp3) is 0.381. The number of ether oxygens (including phenoxy) is 1. The maximum atomic E-state index is 12.5. The maximum Gasteiger partial charge on any atom is 0.245 e. The van der Waals surface area contributed by atoms with Gasteiger partial charge in [-0.3, -0.25) is 9.10 Å². The van der Waals surface area contributed by atoms with Crippen molar-refractivity contribution in [3.05, 3.63) is 54.1 Å². The van der Waals surface area contributed by atoms with Crippen molar-refractivity contribution in [3.8, 4) is 5.75 Å². The van der Waals surface area contributed by atoms with Gasteiger partial charge in [0.1, 0.15) is 12.3 Å². The molecule has 1 amide bonds. The first-order valence-electron chi connectivity index (χ1n) is 9.43. The number of aryl methyl sites for hydroxylation is 1. The number of sulfonamides is 1. The molecule has 1 aliphatic carbocycles. The van der Waals surface area contributed by atoms with Crippen LogP contribution in [0.15, 0.2) is 48.5 Å². The Kier molecular flexibility index (Phi) is 6.24. The SMILES string of the molecule is Cc1ccccc1N(CC(=O)Nc1ccc(OC2CCCC2)cc1)S(C)(=O)=O. The van der Waals surface area contributed by atoms with Gasteiger partial charge < -0.3 is 10.1 Å². The molecule has 3 rings (SSSR count). The molecule has 0 radical (unpaired) electrons. The third kappa shape index (κ3) is 5.25. The number of amides is 1. The van der Waals surface area contributed by atoms with Crippen LogP contribution in [0.25, 0.3) is 0 Å². The minimum Gasteiger partial charge on any atom is -0.490 e. The van der Waals surface area contributed by atoms with Crippen molar-refractivity contribution in [3.63, 3.8) is 0 Å². The molecule has 0 unspecified atom stereocenters. The van der Waals surface area contributed by atoms with E-state index in [-0.39, 0.29) is 12.6 Å². The summed E-state index contributed by atoms with van der Waals surface area (Å²) in [6, 6.07) is 14.3. The van der Waals surface area contributed by atoms with Crippen LogP contribution in [-0.2, 0) is 14.8 Å². The lowest BCUT2D eigenvalue weighted by Crippen LogP contribution is -2.37. The lowest BCUT2D eigenvalue weighted by atomic mass is 10.2. The molecule has 150 valence electrons. The minimum atomic E-state index is -3.60. The fourth-order valence-electron chi connectivity index (χ4n) is 3.37. The highest BCUT2D eigenvalue weighted by Crippen LogP contribution is 2.25. The molecule has 1 N–H and O–H groups in total. The van der Waals surface area contributed by atoms with Gasteiger partial charge >= 0.3 is 0 Å². The number of para-hydroxylation sites is 1. The molecule has 0 aliphatic heterocycles. The van der Waals surface area contributed by atoms with E-state index in [0.29, 0.717) is 11.4 Å². The van der Waals surface area contributed by atoms with Crippen molar-refractivity contribution in [2.24, 2.45) is 0 Å². The molecular formula is C21H26N2O4S. The molecular weight excluding hydrogens is 376 g/mol. The van der Waals surface area contributed by atoms with Crippen LogP contribution in [0.2, 0.25) is 0 Å². The number of carbonyl (C=O) groups is 1. The van der Waals surface area contributed by atoms with E-state index in [9.17, 15) is 13.2 Å². The minimum absolute atomic E-state index is 0.276. The molecule has 0 aromatic heterocycles. The Morgan fingerprint density at radius 2 is 1.75 bits per heavy atom. The van der Waals surface area contributed by atoms with Gasteiger partial charge in [0.2, 0.25) is 15.9 Å². The Balaban J connectivity index is 1.65. The van der Waals surface area contributed by atoms with Gasteiger partial charge in [-0.25, -0.2) is 8.42 Å². The monoisotopic (exact) mass is 402 g/mol. The summed E-state index contributed by atoms with van der Waals surface area (Å²) in [5, 5.41) is 2.75. The molecule has 0 saturated heterocycles. The van der Waals surface area contributed by atoms with Crippen molar-refractivity contribution >= 4 is 27.3 Å². The second-order valence-electron chi connectivity index (χ2n) is 7.15. The van der Waals surface area contributed by atoms with E-state index in [1.807, 2.05) is 31.2 Å². The molecule has 28 heavy (non-hydrogen) atoms. The van der Waals surface area contributed by atoms with E-state index in [1.165, 1.54) is 12.8 Å². The van der Waals surface area contributed by atoms with Gasteiger partial charge in [-0.15, -0.1) is 0 Å². The maximum absolute atomic E-state index is 12.5. The van der Waals surface area contributed by atoms with E-state index in [2.05, 4.69) is 5.32 Å². The summed E-state index contributed by atoms with van der Waals surface area (Å²) in [7, 11) is -3.60. The van der Waals surface area contributed by atoms with Crippen molar-refractivity contribution in [1.29, 1.82) is 0 Å². The number of hydrogen-bond acceptors (Lipinski definition) is 4. The number of benzene rings is 2. The topological polar surface area (TPSA) is 75.7 Å². The average Bonchev–Trinajstić information content (AvgIpc) is 3.14. The highest BCUT2D eigenvalue weighted by Gasteiger charge is 2.22. The van der Waals surface area contributed by atoms with E-state index >= 15 is 0 Å². The molecule has 0 heterocycles. The zero-order chi connectivity index (χ0) is 20.1. The number of anilines is 2. The lowest BCUT2D eigenvalue weighted by Gasteiger charge is -2.23. The number of nitrogens with zero attached hydrogens (tertiary/aromatic N) is 1. The number of carbonyl (C=O) groups excluding carboxylic acids is 1. The van der Waals surface area contributed by atoms with E-state index < -0.39 is 15.9 Å². The zero-order valence-corrected chi connectivity index (χ0v) is 17.0. The van der Waals surface area contributed by atoms with Crippen LogP contribution in [0.4, 0.5) is 11.4 Å². The van der Waals surface area contributed by atoms with Gasteiger partial charge in [-0.05, 0) is 68.5 Å². The van der Waals surface area contributed by atoms with Crippen LogP contribution >= 0.6 is 0 Å². The molecule has 1 fully saturated rings. The molecule has 0 atom stereocenters. The highest BCUT2D eigenvalue weighted by atomic mass is 32.2. The summed E-state index contributed by atoms with van der Waals surface area (Å²) >= 11 is 0.